The number of carboxylic acids is 1. The topological polar surface area (TPSA) is 91.9 Å². The summed E-state index contributed by atoms with van der Waals surface area (Å²) in [6.07, 6.45) is 8.09. The van der Waals surface area contributed by atoms with Gasteiger partial charge >= 0.3 is 5.97 Å². The molecule has 11 heteroatoms. The lowest BCUT2D eigenvalue weighted by atomic mass is 9.94. The van der Waals surface area contributed by atoms with Crippen LogP contribution in [0.5, 0.6) is 0 Å². The number of allylic oxidation sites excluding steroid dienone is 1. The van der Waals surface area contributed by atoms with Crippen molar-refractivity contribution < 1.29 is 14.7 Å². The van der Waals surface area contributed by atoms with Gasteiger partial charge in [-0.25, -0.2) is 4.79 Å². The lowest BCUT2D eigenvalue weighted by molar-refractivity contribution is 0.0696. The van der Waals surface area contributed by atoms with Gasteiger partial charge in [0.1, 0.15) is 5.69 Å². The van der Waals surface area contributed by atoms with E-state index in [-0.39, 0.29) is 17.3 Å². The molecule has 0 radical (unpaired) electrons. The van der Waals surface area contributed by atoms with Crippen molar-refractivity contribution in [2.75, 3.05) is 36.4 Å². The third-order valence-corrected chi connectivity index (χ3v) is 12.1. The van der Waals surface area contributed by atoms with Crippen molar-refractivity contribution in [1.82, 2.24) is 14.8 Å². The number of piperazine rings is 1. The molecular weight excluding hydrogens is 765 g/mol. The van der Waals surface area contributed by atoms with Crippen LogP contribution in [-0.4, -0.2) is 64.0 Å². The maximum atomic E-state index is 14.9. The Morgan fingerprint density at radius 2 is 1.59 bits per heavy atom. The Kier molecular flexibility index (Phi) is 12.1. The van der Waals surface area contributed by atoms with Gasteiger partial charge in [0.2, 0.25) is 0 Å². The number of fused-ring (bicyclic) bond motifs is 1. The second-order valence-corrected chi connectivity index (χ2v) is 15.9. The Labute approximate surface area is 343 Å². The molecule has 4 aromatic carbocycles. The van der Waals surface area contributed by atoms with Crippen molar-refractivity contribution in [3.05, 3.63) is 141 Å². The first kappa shape index (κ1) is 39.5. The number of hydrogen-bond acceptors (Lipinski definition) is 5. The number of anilines is 2. The maximum Gasteiger partial charge on any atom is 0.335 e. The van der Waals surface area contributed by atoms with Crippen molar-refractivity contribution in [3.8, 4) is 0 Å². The number of carbonyl (C=O) groups is 2. The summed E-state index contributed by atoms with van der Waals surface area (Å²) in [6, 6.07) is 26.1. The van der Waals surface area contributed by atoms with E-state index >= 15 is 0 Å². The van der Waals surface area contributed by atoms with E-state index in [9.17, 15) is 14.7 Å². The monoisotopic (exact) mass is 809 g/mol. The first-order valence-corrected chi connectivity index (χ1v) is 20.3. The second-order valence-electron chi connectivity index (χ2n) is 14.6. The second kappa shape index (κ2) is 17.2. The number of halogens is 3. The SMILES string of the molecule is C=CN(/C(=C(\C)c1ccccc1)c1c(C(=O)Nc2cc(C(=O)O)ccc2N2CCN(C3CCCCC3)CC2)[nH]c2cc(Cl)ccc12)C(C)c1ccc(Cl)cc1Cl. The van der Waals surface area contributed by atoms with E-state index in [1.807, 2.05) is 67.3 Å². The number of hydrogen-bond donors (Lipinski definition) is 3. The Morgan fingerprint density at radius 3 is 2.27 bits per heavy atom. The van der Waals surface area contributed by atoms with Crippen molar-refractivity contribution in [2.24, 2.45) is 0 Å². The van der Waals surface area contributed by atoms with Gasteiger partial charge in [-0.3, -0.25) is 9.69 Å². The molecule has 2 fully saturated rings. The zero-order chi connectivity index (χ0) is 39.5. The van der Waals surface area contributed by atoms with Crippen LogP contribution in [-0.2, 0) is 0 Å². The van der Waals surface area contributed by atoms with Gasteiger partial charge in [-0.1, -0.05) is 103 Å². The van der Waals surface area contributed by atoms with Gasteiger partial charge < -0.3 is 25.2 Å². The lowest BCUT2D eigenvalue weighted by Gasteiger charge is -2.42. The van der Waals surface area contributed by atoms with Crippen LogP contribution < -0.4 is 10.2 Å². The summed E-state index contributed by atoms with van der Waals surface area (Å²) >= 11 is 19.7. The van der Waals surface area contributed by atoms with Crippen LogP contribution in [0, 0.1) is 0 Å². The Balaban J connectivity index is 1.33. The van der Waals surface area contributed by atoms with Crippen LogP contribution in [0.4, 0.5) is 11.4 Å². The quantitative estimate of drug-likeness (QED) is 0.123. The van der Waals surface area contributed by atoms with E-state index in [1.54, 1.807) is 42.6 Å². The van der Waals surface area contributed by atoms with Crippen LogP contribution in [0.3, 0.4) is 0 Å². The van der Waals surface area contributed by atoms with Crippen LogP contribution in [0.1, 0.15) is 89.5 Å². The minimum absolute atomic E-state index is 0.0838. The van der Waals surface area contributed by atoms with Crippen LogP contribution in [0.2, 0.25) is 15.1 Å². The Morgan fingerprint density at radius 1 is 0.893 bits per heavy atom. The maximum absolute atomic E-state index is 14.9. The summed E-state index contributed by atoms with van der Waals surface area (Å²) in [5, 5.41) is 15.5. The van der Waals surface area contributed by atoms with E-state index in [4.69, 9.17) is 34.8 Å². The summed E-state index contributed by atoms with van der Waals surface area (Å²) in [6.45, 7) is 11.7. The summed E-state index contributed by atoms with van der Waals surface area (Å²) in [5.41, 5.74) is 6.24. The first-order valence-electron chi connectivity index (χ1n) is 19.2. The first-order chi connectivity index (χ1) is 27.0. The molecule has 1 amide bonds. The Hall–Kier alpha value is -4.73. The number of aromatic carboxylic acids is 1. The van der Waals surface area contributed by atoms with Crippen molar-refractivity contribution in [2.45, 2.75) is 58.0 Å². The fourth-order valence-corrected chi connectivity index (χ4v) is 9.10. The predicted octanol–water partition coefficient (Wildman–Crippen LogP) is 11.6. The third kappa shape index (κ3) is 8.21. The van der Waals surface area contributed by atoms with Gasteiger partial charge in [-0.15, -0.1) is 0 Å². The highest BCUT2D eigenvalue weighted by Crippen LogP contribution is 2.43. The molecule has 1 aliphatic carbocycles. The van der Waals surface area contributed by atoms with Crippen LogP contribution >= 0.6 is 34.8 Å². The fraction of sp³-hybridized carbons (Fsp3) is 0.289. The predicted molar refractivity (Wildman–Crippen MR) is 231 cm³/mol. The largest absolute Gasteiger partial charge is 0.478 e. The molecule has 1 saturated carbocycles. The van der Waals surface area contributed by atoms with Crippen LogP contribution in [0.25, 0.3) is 22.2 Å². The highest BCUT2D eigenvalue weighted by Gasteiger charge is 2.31. The standard InChI is InChI=1S/C45H46Cl3N5O3/c1-4-53(29(3)35-18-16-32(46)26-37(35)48)43(28(2)30-11-7-5-8-12-30)41-36-19-17-33(47)27-38(36)49-42(41)44(54)50-39-25-31(45(55)56)15-20-40(39)52-23-21-51(22-24-52)34-13-9-6-10-14-34/h4-5,7-8,11-12,15-20,25-27,29,34,49H,1,6,9-10,13-14,21-24H2,2-3H3,(H,50,54)(H,55,56)/b43-28+. The molecule has 1 saturated heterocycles. The van der Waals surface area contributed by atoms with Gasteiger partial charge in [0, 0.05) is 63.8 Å². The van der Waals surface area contributed by atoms with Crippen LogP contribution in [0.15, 0.2) is 97.7 Å². The van der Waals surface area contributed by atoms with E-state index < -0.39 is 11.9 Å². The number of nitrogens with one attached hydrogen (secondary N) is 2. The molecule has 1 atom stereocenters. The van der Waals surface area contributed by atoms with Gasteiger partial charge in [-0.2, -0.15) is 0 Å². The zero-order valence-electron chi connectivity index (χ0n) is 31.6. The summed E-state index contributed by atoms with van der Waals surface area (Å²) in [7, 11) is 0. The molecular formula is C45H46Cl3N5O3. The average Bonchev–Trinajstić information content (AvgIpc) is 3.58. The molecule has 56 heavy (non-hydrogen) atoms. The highest BCUT2D eigenvalue weighted by molar-refractivity contribution is 6.35. The van der Waals surface area contributed by atoms with Gasteiger partial charge in [-0.05, 0) is 92.1 Å². The zero-order valence-corrected chi connectivity index (χ0v) is 33.9. The molecule has 5 aromatic rings. The molecule has 1 aromatic heterocycles. The minimum Gasteiger partial charge on any atom is -0.478 e. The Bertz CT molecular complexity index is 2290. The average molecular weight is 811 g/mol. The van der Waals surface area contributed by atoms with E-state index in [0.29, 0.717) is 37.9 Å². The molecule has 8 nitrogen and oxygen atoms in total. The number of rotatable bonds is 11. The van der Waals surface area contributed by atoms with Crippen molar-refractivity contribution >= 4 is 80.2 Å². The molecule has 0 bridgehead atoms. The van der Waals surface area contributed by atoms with Gasteiger partial charge in [0.15, 0.2) is 0 Å². The molecule has 0 spiro atoms. The molecule has 1 aliphatic heterocycles. The number of carbonyl (C=O) groups excluding carboxylic acids is 1. The molecule has 1 unspecified atom stereocenters. The summed E-state index contributed by atoms with van der Waals surface area (Å²) in [5.74, 6) is -1.51. The summed E-state index contributed by atoms with van der Waals surface area (Å²) < 4.78 is 0. The molecule has 7 rings (SSSR count). The number of aromatic nitrogens is 1. The molecule has 2 heterocycles. The fourth-order valence-electron chi connectivity index (χ4n) is 8.36. The third-order valence-electron chi connectivity index (χ3n) is 11.3. The van der Waals surface area contributed by atoms with E-state index in [2.05, 4.69) is 26.7 Å². The number of nitrogens with zero attached hydrogens (tertiary/aromatic N) is 3. The lowest BCUT2D eigenvalue weighted by Crippen LogP contribution is -2.51. The number of benzene rings is 4. The number of carboxylic acid groups (broad SMARTS) is 1. The smallest absolute Gasteiger partial charge is 0.335 e. The normalized spacial score (nSPS) is 16.3. The minimum atomic E-state index is -1.07. The highest BCUT2D eigenvalue weighted by atomic mass is 35.5. The van der Waals surface area contributed by atoms with Gasteiger partial charge in [0.25, 0.3) is 5.91 Å². The van der Waals surface area contributed by atoms with E-state index in [0.717, 1.165) is 59.6 Å². The number of aromatic amines is 1. The van der Waals surface area contributed by atoms with Crippen molar-refractivity contribution in [3.63, 3.8) is 0 Å². The van der Waals surface area contributed by atoms with E-state index in [1.165, 1.54) is 32.1 Å². The van der Waals surface area contributed by atoms with Gasteiger partial charge in [0.05, 0.1) is 28.7 Å². The molecule has 3 N–H and O–H groups in total. The molecule has 2 aliphatic rings. The number of amides is 1. The van der Waals surface area contributed by atoms with Crippen molar-refractivity contribution in [1.29, 1.82) is 0 Å². The number of H-pyrrole nitrogens is 1. The summed E-state index contributed by atoms with van der Waals surface area (Å²) in [4.78, 5) is 37.4. The molecule has 290 valence electrons.